The number of nitrogens with one attached hydrogen (secondary N) is 1. The van der Waals surface area contributed by atoms with E-state index in [1.54, 1.807) is 0 Å². The molecule has 6 heteroatoms. The zero-order valence-electron chi connectivity index (χ0n) is 15.4. The quantitative estimate of drug-likeness (QED) is 0.726. The molecule has 0 radical (unpaired) electrons. The minimum atomic E-state index is -0.0886. The van der Waals surface area contributed by atoms with E-state index in [1.807, 2.05) is 60.0 Å². The van der Waals surface area contributed by atoms with Gasteiger partial charge < -0.3 is 19.4 Å². The normalized spacial score (nSPS) is 16.6. The average molecular weight is 365 g/mol. The summed E-state index contributed by atoms with van der Waals surface area (Å²) < 4.78 is 13.2. The molecule has 1 aromatic heterocycles. The van der Waals surface area contributed by atoms with Crippen molar-refractivity contribution in [3.05, 3.63) is 54.4 Å². The van der Waals surface area contributed by atoms with Gasteiger partial charge in [0.15, 0.2) is 0 Å². The second-order valence-electron chi connectivity index (χ2n) is 6.75. The minimum absolute atomic E-state index is 0.0886. The fourth-order valence-corrected chi connectivity index (χ4v) is 3.34. The molecule has 2 aromatic carbocycles. The summed E-state index contributed by atoms with van der Waals surface area (Å²) in [5.74, 6) is 1.51. The van der Waals surface area contributed by atoms with E-state index in [0.29, 0.717) is 6.61 Å². The Morgan fingerprint density at radius 1 is 1.26 bits per heavy atom. The molecule has 1 saturated heterocycles. The number of carbonyl (C=O) groups is 1. The molecule has 27 heavy (non-hydrogen) atoms. The fourth-order valence-electron chi connectivity index (χ4n) is 3.34. The third-order valence-corrected chi connectivity index (χ3v) is 4.75. The summed E-state index contributed by atoms with van der Waals surface area (Å²) in [6.07, 6.45) is 2.35. The van der Waals surface area contributed by atoms with E-state index in [1.165, 1.54) is 0 Å². The number of ether oxygens (including phenoxy) is 2. The van der Waals surface area contributed by atoms with Gasteiger partial charge in [-0.05, 0) is 56.2 Å². The molecule has 0 spiro atoms. The summed E-state index contributed by atoms with van der Waals surface area (Å²) in [5.41, 5.74) is 2.60. The minimum Gasteiger partial charge on any atom is -0.491 e. The highest BCUT2D eigenvalue weighted by molar-refractivity contribution is 5.91. The van der Waals surface area contributed by atoms with Gasteiger partial charge in [-0.25, -0.2) is 4.98 Å². The van der Waals surface area contributed by atoms with Crippen molar-refractivity contribution in [2.24, 2.45) is 0 Å². The van der Waals surface area contributed by atoms with Crippen LogP contribution in [0.4, 0.5) is 5.69 Å². The maximum atomic E-state index is 12.5. The summed E-state index contributed by atoms with van der Waals surface area (Å²) in [6, 6.07) is 15.2. The van der Waals surface area contributed by atoms with Gasteiger partial charge in [0.2, 0.25) is 5.91 Å². The van der Waals surface area contributed by atoms with Crippen LogP contribution >= 0.6 is 0 Å². The van der Waals surface area contributed by atoms with Crippen molar-refractivity contribution in [1.29, 1.82) is 0 Å². The number of benzene rings is 2. The summed E-state index contributed by atoms with van der Waals surface area (Å²) in [6.45, 7) is 3.53. The lowest BCUT2D eigenvalue weighted by Gasteiger charge is -2.12. The van der Waals surface area contributed by atoms with Crippen LogP contribution in [0.2, 0.25) is 0 Å². The smallest absolute Gasteiger partial charge is 0.244 e. The molecule has 1 aliphatic rings. The van der Waals surface area contributed by atoms with Crippen LogP contribution in [0.1, 0.15) is 18.7 Å². The maximum absolute atomic E-state index is 12.5. The Kier molecular flexibility index (Phi) is 5.07. The lowest BCUT2D eigenvalue weighted by atomic mass is 10.2. The van der Waals surface area contributed by atoms with Gasteiger partial charge >= 0.3 is 0 Å². The molecule has 1 aliphatic heterocycles. The summed E-state index contributed by atoms with van der Waals surface area (Å²) in [7, 11) is 0. The van der Waals surface area contributed by atoms with E-state index in [9.17, 15) is 4.79 Å². The van der Waals surface area contributed by atoms with Gasteiger partial charge in [-0.1, -0.05) is 12.1 Å². The molecule has 1 N–H and O–H groups in total. The van der Waals surface area contributed by atoms with Crippen molar-refractivity contribution < 1.29 is 14.3 Å². The Hall–Kier alpha value is -2.86. The maximum Gasteiger partial charge on any atom is 0.244 e. The van der Waals surface area contributed by atoms with E-state index in [2.05, 4.69) is 10.3 Å². The Balaban J connectivity index is 1.35. The molecule has 4 rings (SSSR count). The number of carbonyl (C=O) groups excluding carboxylic acids is 1. The van der Waals surface area contributed by atoms with E-state index < -0.39 is 0 Å². The number of aromatic nitrogens is 2. The van der Waals surface area contributed by atoms with Crippen molar-refractivity contribution in [1.82, 2.24) is 9.55 Å². The number of rotatable bonds is 6. The fraction of sp³-hybridized carbons (Fsp3) is 0.333. The number of hydrogen-bond acceptors (Lipinski definition) is 4. The van der Waals surface area contributed by atoms with Crippen LogP contribution in [0.15, 0.2) is 48.5 Å². The van der Waals surface area contributed by atoms with Crippen molar-refractivity contribution in [2.75, 3.05) is 18.5 Å². The molecule has 1 fully saturated rings. The van der Waals surface area contributed by atoms with Crippen LogP contribution in [-0.2, 0) is 16.1 Å². The predicted octanol–water partition coefficient (Wildman–Crippen LogP) is 3.54. The molecule has 0 saturated carbocycles. The zero-order valence-corrected chi connectivity index (χ0v) is 15.4. The summed E-state index contributed by atoms with van der Waals surface area (Å²) in [4.78, 5) is 16.9. The number of para-hydroxylation sites is 2. The van der Waals surface area contributed by atoms with Gasteiger partial charge in [0.25, 0.3) is 0 Å². The number of amides is 1. The highest BCUT2D eigenvalue weighted by Gasteiger charge is 2.16. The number of nitrogens with zero attached hydrogens (tertiary/aromatic N) is 2. The number of aryl methyl sites for hydroxylation is 1. The van der Waals surface area contributed by atoms with Gasteiger partial charge in [-0.2, -0.15) is 0 Å². The molecule has 2 heterocycles. The van der Waals surface area contributed by atoms with E-state index >= 15 is 0 Å². The van der Waals surface area contributed by atoms with Crippen LogP contribution in [0, 0.1) is 6.92 Å². The summed E-state index contributed by atoms with van der Waals surface area (Å²) >= 11 is 0. The third-order valence-electron chi connectivity index (χ3n) is 4.75. The third kappa shape index (κ3) is 4.11. The van der Waals surface area contributed by atoms with Crippen molar-refractivity contribution in [3.8, 4) is 5.75 Å². The number of hydrogen-bond donors (Lipinski definition) is 1. The van der Waals surface area contributed by atoms with Gasteiger partial charge in [-0.15, -0.1) is 0 Å². The molecule has 1 atom stereocenters. The standard InChI is InChI=1S/C21H23N3O3/c1-15-22-19-6-2-3-7-20(19)24(15)13-21(25)23-16-8-10-17(11-9-16)27-14-18-5-4-12-26-18/h2-3,6-11,18H,4-5,12-14H2,1H3,(H,23,25)/t18-/m1/s1. The van der Waals surface area contributed by atoms with Crippen molar-refractivity contribution in [3.63, 3.8) is 0 Å². The van der Waals surface area contributed by atoms with Gasteiger partial charge in [0, 0.05) is 12.3 Å². The number of anilines is 1. The van der Waals surface area contributed by atoms with E-state index in [4.69, 9.17) is 9.47 Å². The van der Waals surface area contributed by atoms with Gasteiger partial charge in [0.1, 0.15) is 24.7 Å². The largest absolute Gasteiger partial charge is 0.491 e. The SMILES string of the molecule is Cc1nc2ccccc2n1CC(=O)Nc1ccc(OC[C@H]2CCCO2)cc1. The monoisotopic (exact) mass is 365 g/mol. The van der Waals surface area contributed by atoms with Gasteiger partial charge in [-0.3, -0.25) is 4.79 Å². The molecule has 1 amide bonds. The molecule has 6 nitrogen and oxygen atoms in total. The van der Waals surface area contributed by atoms with E-state index in [-0.39, 0.29) is 18.6 Å². The number of imidazole rings is 1. The molecule has 0 unspecified atom stereocenters. The zero-order chi connectivity index (χ0) is 18.6. The van der Waals surface area contributed by atoms with Crippen molar-refractivity contribution >= 4 is 22.6 Å². The molecule has 0 bridgehead atoms. The molecule has 0 aliphatic carbocycles. The van der Waals surface area contributed by atoms with Crippen LogP contribution in [0.5, 0.6) is 5.75 Å². The van der Waals surface area contributed by atoms with Crippen LogP contribution in [0.25, 0.3) is 11.0 Å². The molecular formula is C21H23N3O3. The average Bonchev–Trinajstić information content (AvgIpc) is 3.30. The lowest BCUT2D eigenvalue weighted by molar-refractivity contribution is -0.116. The highest BCUT2D eigenvalue weighted by Crippen LogP contribution is 2.19. The Bertz CT molecular complexity index is 927. The highest BCUT2D eigenvalue weighted by atomic mass is 16.5. The predicted molar refractivity (Wildman–Crippen MR) is 104 cm³/mol. The lowest BCUT2D eigenvalue weighted by Crippen LogP contribution is -2.19. The molecule has 140 valence electrons. The van der Waals surface area contributed by atoms with Crippen LogP contribution in [-0.4, -0.2) is 34.8 Å². The van der Waals surface area contributed by atoms with Crippen molar-refractivity contribution in [2.45, 2.75) is 32.4 Å². The van der Waals surface area contributed by atoms with E-state index in [0.717, 1.165) is 47.7 Å². The first kappa shape index (κ1) is 17.5. The molecule has 3 aromatic rings. The first-order valence-electron chi connectivity index (χ1n) is 9.25. The van der Waals surface area contributed by atoms with Crippen LogP contribution in [0.3, 0.4) is 0 Å². The topological polar surface area (TPSA) is 65.4 Å². The first-order valence-corrected chi connectivity index (χ1v) is 9.25. The Labute approximate surface area is 158 Å². The Morgan fingerprint density at radius 3 is 2.85 bits per heavy atom. The molecular weight excluding hydrogens is 342 g/mol. The first-order chi connectivity index (χ1) is 13.2. The second kappa shape index (κ2) is 7.80. The summed E-state index contributed by atoms with van der Waals surface area (Å²) in [5, 5.41) is 2.93. The Morgan fingerprint density at radius 2 is 2.07 bits per heavy atom. The number of fused-ring (bicyclic) bond motifs is 1. The van der Waals surface area contributed by atoms with Gasteiger partial charge in [0.05, 0.1) is 17.1 Å². The van der Waals surface area contributed by atoms with Crippen LogP contribution < -0.4 is 10.1 Å². The second-order valence-corrected chi connectivity index (χ2v) is 6.75.